The fraction of sp³-hybridized carbons (Fsp3) is 0.840. The van der Waals surface area contributed by atoms with Gasteiger partial charge < -0.3 is 15.4 Å². The lowest BCUT2D eigenvalue weighted by Crippen LogP contribution is -2.36. The molecule has 0 aromatic rings. The Morgan fingerprint density at radius 2 is 1.50 bits per heavy atom. The first-order valence-corrected chi connectivity index (χ1v) is 13.4. The van der Waals surface area contributed by atoms with Crippen LogP contribution in [0.3, 0.4) is 0 Å². The topological polar surface area (TPSA) is 105 Å². The summed E-state index contributed by atoms with van der Waals surface area (Å²) in [5.74, 6) is 0.339. The summed E-state index contributed by atoms with van der Waals surface area (Å²) in [4.78, 5) is 49.7. The van der Waals surface area contributed by atoms with Crippen molar-refractivity contribution in [2.45, 2.75) is 85.3 Å². The summed E-state index contributed by atoms with van der Waals surface area (Å²) in [5.41, 5.74) is 0.250. The van der Waals surface area contributed by atoms with E-state index in [0.29, 0.717) is 39.1 Å². The number of hydrogen-bond acceptors (Lipinski definition) is 6. The SMILES string of the molecule is CC(C)(C)CCC(=O)NCCCOCCCNC(=O)CCN1C(=O)CC(SCC(C)(C)C)C1=O. The highest BCUT2D eigenvalue weighted by Gasteiger charge is 2.39. The van der Waals surface area contributed by atoms with Gasteiger partial charge in [-0.25, -0.2) is 0 Å². The first-order chi connectivity index (χ1) is 15.8. The molecule has 1 saturated heterocycles. The monoisotopic (exact) mass is 499 g/mol. The summed E-state index contributed by atoms with van der Waals surface area (Å²) in [6.07, 6.45) is 3.17. The number of nitrogens with zero attached hydrogens (tertiary/aromatic N) is 1. The Labute approximate surface area is 209 Å². The Bertz CT molecular complexity index is 685. The van der Waals surface area contributed by atoms with Crippen molar-refractivity contribution in [3.05, 3.63) is 0 Å². The molecule has 1 fully saturated rings. The fourth-order valence-electron chi connectivity index (χ4n) is 3.15. The number of likely N-dealkylation sites (tertiary alicyclic amines) is 1. The predicted molar refractivity (Wildman–Crippen MR) is 136 cm³/mol. The smallest absolute Gasteiger partial charge is 0.242 e. The lowest BCUT2D eigenvalue weighted by atomic mass is 9.90. The Kier molecular flexibility index (Phi) is 13.2. The molecule has 0 spiro atoms. The molecule has 1 rings (SSSR count). The molecule has 8 nitrogen and oxygen atoms in total. The van der Waals surface area contributed by atoms with Gasteiger partial charge in [0.2, 0.25) is 23.6 Å². The average molecular weight is 500 g/mol. The maximum absolute atomic E-state index is 12.5. The molecule has 0 aromatic carbocycles. The fourth-order valence-corrected chi connectivity index (χ4v) is 4.38. The van der Waals surface area contributed by atoms with Gasteiger partial charge in [0.15, 0.2) is 0 Å². The minimum Gasteiger partial charge on any atom is -0.381 e. The minimum absolute atomic E-state index is 0.0779. The number of imide groups is 1. The molecular weight excluding hydrogens is 454 g/mol. The van der Waals surface area contributed by atoms with Crippen LogP contribution >= 0.6 is 11.8 Å². The van der Waals surface area contributed by atoms with E-state index in [-0.39, 0.29) is 59.1 Å². The molecule has 1 unspecified atom stereocenters. The molecule has 1 aliphatic rings. The van der Waals surface area contributed by atoms with Crippen LogP contribution in [0.1, 0.15) is 80.1 Å². The molecule has 4 amide bonds. The third kappa shape index (κ3) is 13.9. The molecule has 1 aliphatic heterocycles. The lowest BCUT2D eigenvalue weighted by molar-refractivity contribution is -0.138. The van der Waals surface area contributed by atoms with Gasteiger partial charge in [0.05, 0.1) is 5.25 Å². The van der Waals surface area contributed by atoms with Crippen LogP contribution in [-0.2, 0) is 23.9 Å². The van der Waals surface area contributed by atoms with E-state index < -0.39 is 0 Å². The molecule has 2 N–H and O–H groups in total. The maximum Gasteiger partial charge on any atom is 0.242 e. The molecule has 0 aromatic heterocycles. The van der Waals surface area contributed by atoms with E-state index in [0.717, 1.165) is 18.6 Å². The van der Waals surface area contributed by atoms with Gasteiger partial charge in [-0.1, -0.05) is 41.5 Å². The van der Waals surface area contributed by atoms with E-state index in [1.165, 1.54) is 16.7 Å². The van der Waals surface area contributed by atoms with Gasteiger partial charge in [0.25, 0.3) is 0 Å². The highest BCUT2D eigenvalue weighted by Crippen LogP contribution is 2.30. The average Bonchev–Trinajstić information content (AvgIpc) is 2.99. The molecule has 9 heteroatoms. The van der Waals surface area contributed by atoms with Gasteiger partial charge in [-0.15, -0.1) is 11.8 Å². The Hall–Kier alpha value is -1.61. The van der Waals surface area contributed by atoms with Gasteiger partial charge in [-0.3, -0.25) is 24.1 Å². The van der Waals surface area contributed by atoms with Crippen LogP contribution in [0.25, 0.3) is 0 Å². The molecule has 1 atom stereocenters. The van der Waals surface area contributed by atoms with Crippen LogP contribution in [0.4, 0.5) is 0 Å². The number of nitrogens with one attached hydrogen (secondary N) is 2. The molecule has 0 bridgehead atoms. The molecule has 196 valence electrons. The Balaban J connectivity index is 2.05. The van der Waals surface area contributed by atoms with Gasteiger partial charge in [0.1, 0.15) is 0 Å². The van der Waals surface area contributed by atoms with Crippen LogP contribution in [0.2, 0.25) is 0 Å². The third-order valence-electron chi connectivity index (χ3n) is 5.16. The van der Waals surface area contributed by atoms with Crippen LogP contribution in [0.15, 0.2) is 0 Å². The second-order valence-corrected chi connectivity index (χ2v) is 12.5. The largest absolute Gasteiger partial charge is 0.381 e. The van der Waals surface area contributed by atoms with E-state index in [4.69, 9.17) is 4.74 Å². The lowest BCUT2D eigenvalue weighted by Gasteiger charge is -2.19. The van der Waals surface area contributed by atoms with Crippen molar-refractivity contribution in [2.75, 3.05) is 38.6 Å². The van der Waals surface area contributed by atoms with Crippen molar-refractivity contribution < 1.29 is 23.9 Å². The van der Waals surface area contributed by atoms with Crippen LogP contribution in [-0.4, -0.2) is 72.4 Å². The van der Waals surface area contributed by atoms with Gasteiger partial charge in [-0.2, -0.15) is 0 Å². The normalized spacial score (nSPS) is 16.8. The van der Waals surface area contributed by atoms with E-state index in [1.54, 1.807) is 0 Å². The number of amides is 4. The van der Waals surface area contributed by atoms with Crippen molar-refractivity contribution in [1.29, 1.82) is 0 Å². The predicted octanol–water partition coefficient (Wildman–Crippen LogP) is 3.14. The minimum atomic E-state index is -0.330. The molecule has 1 heterocycles. The highest BCUT2D eigenvalue weighted by atomic mass is 32.2. The summed E-state index contributed by atoms with van der Waals surface area (Å²) >= 11 is 1.52. The van der Waals surface area contributed by atoms with Crippen molar-refractivity contribution in [3.63, 3.8) is 0 Å². The van der Waals surface area contributed by atoms with Gasteiger partial charge in [0, 0.05) is 52.1 Å². The highest BCUT2D eigenvalue weighted by molar-refractivity contribution is 8.00. The Morgan fingerprint density at radius 1 is 0.941 bits per heavy atom. The molecule has 34 heavy (non-hydrogen) atoms. The summed E-state index contributed by atoms with van der Waals surface area (Å²) in [6.45, 7) is 15.0. The summed E-state index contributed by atoms with van der Waals surface area (Å²) in [6, 6.07) is 0. The number of rotatable bonds is 15. The second kappa shape index (κ2) is 14.7. The quantitative estimate of drug-likeness (QED) is 0.265. The first-order valence-electron chi connectivity index (χ1n) is 12.4. The molecule has 0 aliphatic carbocycles. The Morgan fingerprint density at radius 3 is 2.03 bits per heavy atom. The standard InChI is InChI=1S/C25H45N3O5S/c1-24(2,3)11-9-20(29)26-12-7-15-33-16-8-13-27-21(30)10-14-28-22(31)17-19(23(28)32)34-18-25(4,5)6/h19H,7-18H2,1-6H3,(H,26,29)(H,27,30). The van der Waals surface area contributed by atoms with Crippen molar-refractivity contribution in [3.8, 4) is 0 Å². The first kappa shape index (κ1) is 30.4. The zero-order valence-corrected chi connectivity index (χ0v) is 22.8. The molecular formula is C25H45N3O5S. The molecule has 0 saturated carbocycles. The number of carbonyl (C=O) groups is 4. The second-order valence-electron chi connectivity index (χ2n) is 11.3. The van der Waals surface area contributed by atoms with E-state index in [9.17, 15) is 19.2 Å². The third-order valence-corrected chi connectivity index (χ3v) is 6.96. The summed E-state index contributed by atoms with van der Waals surface area (Å²) in [7, 11) is 0. The van der Waals surface area contributed by atoms with Crippen molar-refractivity contribution >= 4 is 35.4 Å². The van der Waals surface area contributed by atoms with Crippen LogP contribution in [0, 0.1) is 10.8 Å². The maximum atomic E-state index is 12.5. The van der Waals surface area contributed by atoms with Crippen LogP contribution < -0.4 is 10.6 Å². The van der Waals surface area contributed by atoms with Crippen LogP contribution in [0.5, 0.6) is 0 Å². The zero-order valence-electron chi connectivity index (χ0n) is 22.0. The van der Waals surface area contributed by atoms with Gasteiger partial charge >= 0.3 is 0 Å². The zero-order chi connectivity index (χ0) is 25.8. The van der Waals surface area contributed by atoms with Gasteiger partial charge in [-0.05, 0) is 35.8 Å². The van der Waals surface area contributed by atoms with Crippen molar-refractivity contribution in [1.82, 2.24) is 15.5 Å². The molecule has 0 radical (unpaired) electrons. The van der Waals surface area contributed by atoms with Crippen molar-refractivity contribution in [2.24, 2.45) is 10.8 Å². The number of thioether (sulfide) groups is 1. The summed E-state index contributed by atoms with van der Waals surface area (Å²) < 4.78 is 5.54. The number of ether oxygens (including phenoxy) is 1. The summed E-state index contributed by atoms with van der Waals surface area (Å²) in [5, 5.41) is 5.38. The number of carbonyl (C=O) groups excluding carboxylic acids is 4. The number of hydrogen-bond donors (Lipinski definition) is 2. The van der Waals surface area contributed by atoms with E-state index >= 15 is 0 Å². The van der Waals surface area contributed by atoms with E-state index in [2.05, 4.69) is 52.2 Å². The van der Waals surface area contributed by atoms with E-state index in [1.807, 2.05) is 0 Å².